The summed E-state index contributed by atoms with van der Waals surface area (Å²) in [5.74, 6) is 1.24. The van der Waals surface area contributed by atoms with Gasteiger partial charge in [0.2, 0.25) is 0 Å². The first-order valence-corrected chi connectivity index (χ1v) is 9.08. The Labute approximate surface area is 157 Å². The van der Waals surface area contributed by atoms with Crippen LogP contribution in [0.3, 0.4) is 0 Å². The van der Waals surface area contributed by atoms with Crippen LogP contribution in [0, 0.1) is 0 Å². The van der Waals surface area contributed by atoms with Crippen molar-refractivity contribution in [1.82, 2.24) is 0 Å². The highest BCUT2D eigenvalue weighted by molar-refractivity contribution is 5.89. The van der Waals surface area contributed by atoms with Gasteiger partial charge in [0.1, 0.15) is 23.4 Å². The van der Waals surface area contributed by atoms with Gasteiger partial charge in [0.25, 0.3) is 0 Å². The van der Waals surface area contributed by atoms with Crippen LogP contribution in [0.15, 0.2) is 52.9 Å². The third-order valence-electron chi connectivity index (χ3n) is 4.17. The molecule has 0 atom stereocenters. The zero-order valence-corrected chi connectivity index (χ0v) is 15.3. The number of hydrogen-bond acceptors (Lipinski definition) is 5. The number of carbonyl (C=O) groups is 2. The van der Waals surface area contributed by atoms with Crippen LogP contribution in [0.25, 0.3) is 22.3 Å². The zero-order valence-electron chi connectivity index (χ0n) is 15.3. The molecule has 2 aromatic carbocycles. The van der Waals surface area contributed by atoms with Gasteiger partial charge in [0.15, 0.2) is 0 Å². The topological polar surface area (TPSA) is 65.7 Å². The number of ether oxygens (including phenoxy) is 2. The van der Waals surface area contributed by atoms with Crippen molar-refractivity contribution in [3.05, 3.63) is 54.1 Å². The summed E-state index contributed by atoms with van der Waals surface area (Å²) in [6.45, 7) is 2.72. The summed E-state index contributed by atoms with van der Waals surface area (Å²) in [5.41, 5.74) is 2.19. The minimum absolute atomic E-state index is 0.171. The molecule has 1 aromatic heterocycles. The van der Waals surface area contributed by atoms with Crippen molar-refractivity contribution in [2.75, 3.05) is 13.2 Å². The fourth-order valence-corrected chi connectivity index (χ4v) is 2.85. The Kier molecular flexibility index (Phi) is 6.26. The van der Waals surface area contributed by atoms with Crippen molar-refractivity contribution < 1.29 is 23.5 Å². The summed E-state index contributed by atoms with van der Waals surface area (Å²) < 4.78 is 16.7. The minimum atomic E-state index is -0.171. The molecule has 0 unspecified atom stereocenters. The molecule has 0 aliphatic carbocycles. The van der Waals surface area contributed by atoms with E-state index in [2.05, 4.69) is 0 Å². The van der Waals surface area contributed by atoms with Gasteiger partial charge in [-0.3, -0.25) is 9.59 Å². The second-order valence-corrected chi connectivity index (χ2v) is 6.13. The molecule has 0 saturated carbocycles. The smallest absolute Gasteiger partial charge is 0.305 e. The Morgan fingerprint density at radius 3 is 2.78 bits per heavy atom. The molecule has 27 heavy (non-hydrogen) atoms. The molecule has 5 nitrogen and oxygen atoms in total. The van der Waals surface area contributed by atoms with Gasteiger partial charge in [-0.25, -0.2) is 0 Å². The van der Waals surface area contributed by atoms with Gasteiger partial charge in [-0.2, -0.15) is 0 Å². The number of benzene rings is 2. The first kappa shape index (κ1) is 18.7. The van der Waals surface area contributed by atoms with Crippen LogP contribution in [0.5, 0.6) is 5.75 Å². The van der Waals surface area contributed by atoms with Crippen molar-refractivity contribution in [3.8, 4) is 17.1 Å². The van der Waals surface area contributed by atoms with E-state index in [0.29, 0.717) is 31.0 Å². The van der Waals surface area contributed by atoms with E-state index in [1.54, 1.807) is 25.1 Å². The number of carbonyl (C=O) groups excluding carboxylic acids is 2. The summed E-state index contributed by atoms with van der Waals surface area (Å²) in [6, 6.07) is 14.9. The van der Waals surface area contributed by atoms with Gasteiger partial charge in [0, 0.05) is 17.4 Å². The fourth-order valence-electron chi connectivity index (χ4n) is 2.85. The van der Waals surface area contributed by atoms with Crippen LogP contribution in [0.1, 0.15) is 36.5 Å². The Bertz CT molecular complexity index is 925. The van der Waals surface area contributed by atoms with E-state index in [0.717, 1.165) is 41.4 Å². The second kappa shape index (κ2) is 9.03. The van der Waals surface area contributed by atoms with Crippen LogP contribution in [-0.4, -0.2) is 25.5 Å². The maximum Gasteiger partial charge on any atom is 0.305 e. The number of para-hydroxylation sites is 1. The third kappa shape index (κ3) is 4.76. The highest BCUT2D eigenvalue weighted by Gasteiger charge is 2.12. The lowest BCUT2D eigenvalue weighted by Crippen LogP contribution is -2.05. The summed E-state index contributed by atoms with van der Waals surface area (Å²) in [6.07, 6.45) is 2.71. The third-order valence-corrected chi connectivity index (χ3v) is 4.17. The van der Waals surface area contributed by atoms with Gasteiger partial charge in [-0.1, -0.05) is 12.1 Å². The number of hydrogen-bond donors (Lipinski definition) is 0. The standard InChI is InChI=1S/C22H22O5/c1-2-25-22(24)9-5-6-12-26-20-8-4-3-7-18(20)21-14-17-13-16(15-23)10-11-19(17)27-21/h3-4,7-8,10-11,13-15H,2,5-6,9,12H2,1H3. The van der Waals surface area contributed by atoms with E-state index >= 15 is 0 Å². The SMILES string of the molecule is CCOC(=O)CCCCOc1ccccc1-c1cc2cc(C=O)ccc2o1. The summed E-state index contributed by atoms with van der Waals surface area (Å²) >= 11 is 0. The summed E-state index contributed by atoms with van der Waals surface area (Å²) in [4.78, 5) is 22.3. The lowest BCUT2D eigenvalue weighted by atomic mass is 10.1. The molecule has 3 aromatic rings. The average molecular weight is 366 g/mol. The van der Waals surface area contributed by atoms with Crippen molar-refractivity contribution in [1.29, 1.82) is 0 Å². The number of fused-ring (bicyclic) bond motifs is 1. The van der Waals surface area contributed by atoms with E-state index in [-0.39, 0.29) is 5.97 Å². The first-order valence-electron chi connectivity index (χ1n) is 9.08. The minimum Gasteiger partial charge on any atom is -0.493 e. The highest BCUT2D eigenvalue weighted by Crippen LogP contribution is 2.34. The predicted octanol–water partition coefficient (Wildman–Crippen LogP) is 5.02. The Morgan fingerprint density at radius 2 is 1.96 bits per heavy atom. The van der Waals surface area contributed by atoms with Gasteiger partial charge in [0.05, 0.1) is 18.8 Å². The van der Waals surface area contributed by atoms with Crippen LogP contribution in [-0.2, 0) is 9.53 Å². The molecule has 0 aliphatic rings. The van der Waals surface area contributed by atoms with Crippen molar-refractivity contribution in [2.24, 2.45) is 0 Å². The maximum atomic E-state index is 11.3. The van der Waals surface area contributed by atoms with E-state index in [1.165, 1.54) is 0 Å². The van der Waals surface area contributed by atoms with Crippen molar-refractivity contribution >= 4 is 23.2 Å². The number of aldehydes is 1. The number of rotatable bonds is 9. The molecule has 0 aliphatic heterocycles. The van der Waals surface area contributed by atoms with Gasteiger partial charge < -0.3 is 13.9 Å². The first-order chi connectivity index (χ1) is 13.2. The monoisotopic (exact) mass is 366 g/mol. The molecule has 140 valence electrons. The van der Waals surface area contributed by atoms with Crippen LogP contribution in [0.4, 0.5) is 0 Å². The van der Waals surface area contributed by atoms with Crippen molar-refractivity contribution in [2.45, 2.75) is 26.2 Å². The molecule has 0 amide bonds. The molecule has 0 saturated heterocycles. The molecular formula is C22H22O5. The summed E-state index contributed by atoms with van der Waals surface area (Å²) in [7, 11) is 0. The maximum absolute atomic E-state index is 11.3. The molecule has 5 heteroatoms. The van der Waals surface area contributed by atoms with Crippen LogP contribution >= 0.6 is 0 Å². The second-order valence-electron chi connectivity index (χ2n) is 6.13. The van der Waals surface area contributed by atoms with Crippen LogP contribution < -0.4 is 4.74 Å². The van der Waals surface area contributed by atoms with Crippen molar-refractivity contribution in [3.63, 3.8) is 0 Å². The lowest BCUT2D eigenvalue weighted by Gasteiger charge is -2.09. The number of unbranched alkanes of at least 4 members (excludes halogenated alkanes) is 1. The normalized spacial score (nSPS) is 10.7. The molecule has 0 spiro atoms. The van der Waals surface area contributed by atoms with Crippen LogP contribution in [0.2, 0.25) is 0 Å². The largest absolute Gasteiger partial charge is 0.493 e. The average Bonchev–Trinajstić information content (AvgIpc) is 3.11. The highest BCUT2D eigenvalue weighted by atomic mass is 16.5. The van der Waals surface area contributed by atoms with E-state index in [9.17, 15) is 9.59 Å². The molecule has 3 rings (SSSR count). The fraction of sp³-hybridized carbons (Fsp3) is 0.273. The van der Waals surface area contributed by atoms with Gasteiger partial charge >= 0.3 is 5.97 Å². The van der Waals surface area contributed by atoms with E-state index in [1.807, 2.05) is 30.3 Å². The quantitative estimate of drug-likeness (QED) is 0.302. The van der Waals surface area contributed by atoms with E-state index < -0.39 is 0 Å². The molecule has 0 radical (unpaired) electrons. The number of furan rings is 1. The summed E-state index contributed by atoms with van der Waals surface area (Å²) in [5, 5.41) is 0.874. The molecule has 0 fully saturated rings. The Hall–Kier alpha value is -3.08. The van der Waals surface area contributed by atoms with Gasteiger partial charge in [-0.15, -0.1) is 0 Å². The van der Waals surface area contributed by atoms with E-state index in [4.69, 9.17) is 13.9 Å². The Morgan fingerprint density at radius 1 is 1.11 bits per heavy atom. The van der Waals surface area contributed by atoms with Gasteiger partial charge in [-0.05, 0) is 56.2 Å². The molecule has 0 N–H and O–H groups in total. The molecular weight excluding hydrogens is 344 g/mol. The predicted molar refractivity (Wildman–Crippen MR) is 103 cm³/mol. The molecule has 0 bridgehead atoms. The Balaban J connectivity index is 1.67. The number of esters is 1. The zero-order chi connectivity index (χ0) is 19.1. The lowest BCUT2D eigenvalue weighted by molar-refractivity contribution is -0.143. The molecule has 1 heterocycles.